The fraction of sp³-hybridized carbons (Fsp3) is 0.357. The summed E-state index contributed by atoms with van der Waals surface area (Å²) in [6.45, 7) is 5.52. The van der Waals surface area contributed by atoms with E-state index in [1.165, 1.54) is 6.33 Å². The van der Waals surface area contributed by atoms with Crippen molar-refractivity contribution in [2.45, 2.75) is 37.8 Å². The molecule has 8 nitrogen and oxygen atoms in total. The first-order valence-electron chi connectivity index (χ1n) is 7.14. The van der Waals surface area contributed by atoms with E-state index in [9.17, 15) is 17.6 Å². The molecule has 0 saturated heterocycles. The summed E-state index contributed by atoms with van der Waals surface area (Å²) in [5.74, 6) is -1.12. The average Bonchev–Trinajstić information content (AvgIpc) is 2.95. The number of amides is 1. The molecule has 0 bridgehead atoms. The summed E-state index contributed by atoms with van der Waals surface area (Å²) >= 11 is 0. The molecule has 1 amide bonds. The fourth-order valence-electron chi connectivity index (χ4n) is 2.15. The third-order valence-electron chi connectivity index (χ3n) is 3.40. The van der Waals surface area contributed by atoms with Crippen LogP contribution in [0.2, 0.25) is 0 Å². The van der Waals surface area contributed by atoms with Crippen LogP contribution in [0.25, 0.3) is 0 Å². The average molecular weight is 355 g/mol. The number of primary sulfonamides is 1. The zero-order chi connectivity index (χ0) is 18.1. The van der Waals surface area contributed by atoms with Crippen LogP contribution in [0.4, 0.5) is 4.39 Å². The predicted octanol–water partition coefficient (Wildman–Crippen LogP) is 1.14. The minimum absolute atomic E-state index is 0.0804. The smallest absolute Gasteiger partial charge is 0.254 e. The van der Waals surface area contributed by atoms with Gasteiger partial charge in [0, 0.05) is 6.04 Å². The molecule has 1 heterocycles. The number of hydrogen-bond acceptors (Lipinski definition) is 5. The van der Waals surface area contributed by atoms with Crippen LogP contribution < -0.4 is 10.5 Å². The number of carbonyl (C=O) groups is 1. The van der Waals surface area contributed by atoms with Gasteiger partial charge >= 0.3 is 0 Å². The highest BCUT2D eigenvalue weighted by atomic mass is 32.2. The first-order valence-corrected chi connectivity index (χ1v) is 8.68. The molecule has 3 N–H and O–H groups in total. The van der Waals surface area contributed by atoms with Gasteiger partial charge in [-0.25, -0.2) is 17.9 Å². The minimum Gasteiger partial charge on any atom is -0.342 e. The minimum atomic E-state index is -4.04. The lowest BCUT2D eigenvalue weighted by Crippen LogP contribution is -2.30. The van der Waals surface area contributed by atoms with Crippen LogP contribution >= 0.6 is 0 Å². The van der Waals surface area contributed by atoms with Gasteiger partial charge in [-0.15, -0.1) is 10.2 Å². The molecule has 2 aromatic rings. The molecule has 0 fully saturated rings. The van der Waals surface area contributed by atoms with Crippen LogP contribution in [0.1, 0.15) is 49.0 Å². The molecule has 2 rings (SSSR count). The molecule has 0 unspecified atom stereocenters. The van der Waals surface area contributed by atoms with Gasteiger partial charge in [0.2, 0.25) is 10.0 Å². The van der Waals surface area contributed by atoms with Crippen molar-refractivity contribution in [3.8, 4) is 0 Å². The van der Waals surface area contributed by atoms with E-state index < -0.39 is 33.4 Å². The quantitative estimate of drug-likeness (QED) is 0.833. The Morgan fingerprint density at radius 1 is 1.33 bits per heavy atom. The molecule has 1 atom stereocenters. The first-order chi connectivity index (χ1) is 11.1. The second-order valence-corrected chi connectivity index (χ2v) is 7.13. The normalized spacial score (nSPS) is 13.1. The zero-order valence-corrected chi connectivity index (χ0v) is 14.2. The SMILES string of the molecule is CC(C)n1cnnc1[C@H](C)NC(=O)c1cc(S(N)(=O)=O)ccc1F. The molecule has 0 saturated carbocycles. The third kappa shape index (κ3) is 3.77. The number of nitrogens with two attached hydrogens (primary N) is 1. The highest BCUT2D eigenvalue weighted by Crippen LogP contribution is 2.17. The maximum atomic E-state index is 13.9. The maximum Gasteiger partial charge on any atom is 0.254 e. The highest BCUT2D eigenvalue weighted by molar-refractivity contribution is 7.89. The topological polar surface area (TPSA) is 120 Å². The third-order valence-corrected chi connectivity index (χ3v) is 4.31. The molecular weight excluding hydrogens is 337 g/mol. The lowest BCUT2D eigenvalue weighted by molar-refractivity contribution is 0.0933. The van der Waals surface area contributed by atoms with Gasteiger partial charge in [-0.1, -0.05) is 0 Å². The van der Waals surface area contributed by atoms with Gasteiger partial charge in [-0.2, -0.15) is 0 Å². The Balaban J connectivity index is 2.28. The van der Waals surface area contributed by atoms with Crippen LogP contribution in [-0.2, 0) is 10.0 Å². The molecule has 24 heavy (non-hydrogen) atoms. The molecule has 0 aliphatic heterocycles. The Hall–Kier alpha value is -2.33. The van der Waals surface area contributed by atoms with Crippen molar-refractivity contribution in [2.24, 2.45) is 5.14 Å². The van der Waals surface area contributed by atoms with Crippen molar-refractivity contribution >= 4 is 15.9 Å². The zero-order valence-electron chi connectivity index (χ0n) is 13.4. The van der Waals surface area contributed by atoms with Crippen molar-refractivity contribution in [2.75, 3.05) is 0 Å². The molecular formula is C14H18FN5O3S. The Labute approximate surface area is 138 Å². The largest absolute Gasteiger partial charge is 0.342 e. The van der Waals surface area contributed by atoms with E-state index in [4.69, 9.17) is 5.14 Å². The maximum absolute atomic E-state index is 13.9. The van der Waals surface area contributed by atoms with E-state index in [0.717, 1.165) is 18.2 Å². The van der Waals surface area contributed by atoms with Crippen molar-refractivity contribution in [1.82, 2.24) is 20.1 Å². The molecule has 0 aliphatic rings. The van der Waals surface area contributed by atoms with Gasteiger partial charge < -0.3 is 9.88 Å². The second kappa shape index (κ2) is 6.65. The monoisotopic (exact) mass is 355 g/mol. The standard InChI is InChI=1S/C14H18FN5O3S/c1-8(2)20-7-17-19-13(20)9(3)18-14(21)11-6-10(24(16,22)23)4-5-12(11)15/h4-9H,1-3H3,(H,18,21)(H2,16,22,23)/t9-/m0/s1. The Bertz CT molecular complexity index is 863. The lowest BCUT2D eigenvalue weighted by Gasteiger charge is -2.17. The number of hydrogen-bond donors (Lipinski definition) is 2. The summed E-state index contributed by atoms with van der Waals surface area (Å²) in [4.78, 5) is 11.9. The van der Waals surface area contributed by atoms with Crippen molar-refractivity contribution in [3.63, 3.8) is 0 Å². The molecule has 10 heteroatoms. The van der Waals surface area contributed by atoms with Crippen molar-refractivity contribution in [3.05, 3.63) is 41.7 Å². The molecule has 130 valence electrons. The number of rotatable bonds is 5. The van der Waals surface area contributed by atoms with Gasteiger partial charge in [0.05, 0.1) is 16.5 Å². The van der Waals surface area contributed by atoms with E-state index in [2.05, 4.69) is 15.5 Å². The van der Waals surface area contributed by atoms with Crippen LogP contribution in [0, 0.1) is 5.82 Å². The number of nitrogens with zero attached hydrogens (tertiary/aromatic N) is 3. The fourth-order valence-corrected chi connectivity index (χ4v) is 2.69. The molecule has 0 spiro atoms. The molecule has 0 radical (unpaired) electrons. The van der Waals surface area contributed by atoms with Crippen LogP contribution in [-0.4, -0.2) is 29.1 Å². The summed E-state index contributed by atoms with van der Waals surface area (Å²) < 4.78 is 38.3. The summed E-state index contributed by atoms with van der Waals surface area (Å²) in [7, 11) is -4.04. The van der Waals surface area contributed by atoms with E-state index in [0.29, 0.717) is 5.82 Å². The lowest BCUT2D eigenvalue weighted by atomic mass is 10.2. The first kappa shape index (κ1) is 18.0. The van der Waals surface area contributed by atoms with Gasteiger partial charge in [-0.3, -0.25) is 4.79 Å². The van der Waals surface area contributed by atoms with Crippen molar-refractivity contribution < 1.29 is 17.6 Å². The predicted molar refractivity (Wildman–Crippen MR) is 84.1 cm³/mol. The molecule has 1 aromatic carbocycles. The number of sulfonamides is 1. The number of nitrogens with one attached hydrogen (secondary N) is 1. The Morgan fingerprint density at radius 3 is 2.58 bits per heavy atom. The second-order valence-electron chi connectivity index (χ2n) is 5.57. The van der Waals surface area contributed by atoms with E-state index in [1.807, 2.05) is 13.8 Å². The highest BCUT2D eigenvalue weighted by Gasteiger charge is 2.21. The van der Waals surface area contributed by atoms with Crippen molar-refractivity contribution in [1.29, 1.82) is 0 Å². The number of aromatic nitrogens is 3. The number of carbonyl (C=O) groups excluding carboxylic acids is 1. The van der Waals surface area contributed by atoms with Crippen LogP contribution in [0.15, 0.2) is 29.4 Å². The number of halogens is 1. The van der Waals surface area contributed by atoms with E-state index >= 15 is 0 Å². The van der Waals surface area contributed by atoms with Crippen LogP contribution in [0.3, 0.4) is 0 Å². The summed E-state index contributed by atoms with van der Waals surface area (Å²) in [6, 6.07) is 2.31. The Kier molecular flexibility index (Phi) is 4.99. The van der Waals surface area contributed by atoms with E-state index in [-0.39, 0.29) is 10.9 Å². The molecule has 0 aliphatic carbocycles. The van der Waals surface area contributed by atoms with Crippen LogP contribution in [0.5, 0.6) is 0 Å². The molecule has 1 aromatic heterocycles. The van der Waals surface area contributed by atoms with Gasteiger partial charge in [0.25, 0.3) is 5.91 Å². The number of benzene rings is 1. The summed E-state index contributed by atoms with van der Waals surface area (Å²) in [5.41, 5.74) is -0.413. The van der Waals surface area contributed by atoms with Gasteiger partial charge in [0.15, 0.2) is 5.82 Å². The van der Waals surface area contributed by atoms with E-state index in [1.54, 1.807) is 11.5 Å². The Morgan fingerprint density at radius 2 is 2.00 bits per heavy atom. The summed E-state index contributed by atoms with van der Waals surface area (Å²) in [5, 5.41) is 15.3. The van der Waals surface area contributed by atoms with Gasteiger partial charge in [0.1, 0.15) is 12.1 Å². The summed E-state index contributed by atoms with van der Waals surface area (Å²) in [6.07, 6.45) is 1.53. The van der Waals surface area contributed by atoms with Gasteiger partial charge in [-0.05, 0) is 39.0 Å².